The van der Waals surface area contributed by atoms with Gasteiger partial charge in [0.15, 0.2) is 0 Å². The summed E-state index contributed by atoms with van der Waals surface area (Å²) in [5.41, 5.74) is 0.243. The van der Waals surface area contributed by atoms with Gasteiger partial charge in [0.25, 0.3) is 0 Å². The number of benzene rings is 1. The molecule has 23 heavy (non-hydrogen) atoms. The van der Waals surface area contributed by atoms with E-state index in [0.29, 0.717) is 18.5 Å². The molecule has 1 aromatic rings. The van der Waals surface area contributed by atoms with Crippen molar-refractivity contribution in [3.63, 3.8) is 0 Å². The molecule has 3 N–H and O–H groups in total. The Kier molecular flexibility index (Phi) is 5.10. The highest BCUT2D eigenvalue weighted by molar-refractivity contribution is 5.96. The van der Waals surface area contributed by atoms with Crippen LogP contribution in [0.3, 0.4) is 0 Å². The van der Waals surface area contributed by atoms with Crippen molar-refractivity contribution in [2.24, 2.45) is 11.8 Å². The molecular weight excluding hydrogens is 303 g/mol. The number of hydrogen-bond donors (Lipinski definition) is 3. The zero-order valence-electron chi connectivity index (χ0n) is 12.5. The first kappa shape index (κ1) is 16.7. The lowest BCUT2D eigenvalue weighted by atomic mass is 9.82. The van der Waals surface area contributed by atoms with E-state index in [1.54, 1.807) is 12.2 Å². The van der Waals surface area contributed by atoms with Crippen LogP contribution in [0.5, 0.6) is 0 Å². The second-order valence-corrected chi connectivity index (χ2v) is 5.36. The first-order valence-electron chi connectivity index (χ1n) is 7.14. The number of hydrogen-bond acceptors (Lipinski definition) is 3. The average Bonchev–Trinajstić information content (AvgIpc) is 2.50. The molecule has 2 atom stereocenters. The molecule has 0 spiro atoms. The van der Waals surface area contributed by atoms with Gasteiger partial charge in [0, 0.05) is 12.6 Å². The van der Waals surface area contributed by atoms with E-state index in [0.717, 1.165) is 6.07 Å². The van der Waals surface area contributed by atoms with E-state index in [9.17, 15) is 23.9 Å². The van der Waals surface area contributed by atoms with Crippen molar-refractivity contribution >= 4 is 29.2 Å². The van der Waals surface area contributed by atoms with Crippen LogP contribution < -0.4 is 10.6 Å². The van der Waals surface area contributed by atoms with Crippen LogP contribution in [0.2, 0.25) is 0 Å². The predicted molar refractivity (Wildman–Crippen MR) is 82.3 cm³/mol. The van der Waals surface area contributed by atoms with Crippen molar-refractivity contribution in [2.45, 2.75) is 19.8 Å². The Morgan fingerprint density at radius 3 is 2.39 bits per heavy atom. The third-order valence-corrected chi connectivity index (χ3v) is 3.63. The third-order valence-electron chi connectivity index (χ3n) is 3.63. The molecular formula is C16H17FN2O4. The molecule has 122 valence electrons. The number of rotatable bonds is 4. The normalized spacial score (nSPS) is 19.9. The number of carboxylic acid groups (broad SMARTS) is 1. The van der Waals surface area contributed by atoms with Crippen LogP contribution in [0.25, 0.3) is 0 Å². The molecule has 0 radical (unpaired) electrons. The number of nitrogens with one attached hydrogen (secondary N) is 2. The molecule has 1 aromatic carbocycles. The van der Waals surface area contributed by atoms with Crippen molar-refractivity contribution in [1.29, 1.82) is 0 Å². The summed E-state index contributed by atoms with van der Waals surface area (Å²) in [6, 6.07) is 3.77. The molecule has 2 rings (SSSR count). The summed E-state index contributed by atoms with van der Waals surface area (Å²) in [5, 5.41) is 14.1. The Hall–Kier alpha value is -2.70. The fourth-order valence-electron chi connectivity index (χ4n) is 2.50. The number of aliphatic carboxylic acids is 1. The highest BCUT2D eigenvalue weighted by Gasteiger charge is 2.33. The Morgan fingerprint density at radius 1 is 1.13 bits per heavy atom. The number of allylic oxidation sites excluding steroid dienone is 2. The minimum atomic E-state index is -1.02. The van der Waals surface area contributed by atoms with Gasteiger partial charge in [-0.2, -0.15) is 0 Å². The smallest absolute Gasteiger partial charge is 0.307 e. The standard InChI is InChI=1S/C16H17FN2O4/c1-9(20)18-14-8-10(6-7-13(14)17)19-15(21)11-4-2-3-5-12(11)16(22)23/h2-3,6-8,11-12H,4-5H2,1H3,(H,18,20)(H,19,21)(H,22,23)/t11-,12-/m0/s1. The maximum Gasteiger partial charge on any atom is 0.307 e. The lowest BCUT2D eigenvalue weighted by molar-refractivity contribution is -0.146. The van der Waals surface area contributed by atoms with Crippen LogP contribution in [0, 0.1) is 17.7 Å². The van der Waals surface area contributed by atoms with Gasteiger partial charge in [-0.15, -0.1) is 0 Å². The highest BCUT2D eigenvalue weighted by atomic mass is 19.1. The van der Waals surface area contributed by atoms with Gasteiger partial charge in [0.1, 0.15) is 5.82 Å². The van der Waals surface area contributed by atoms with Crippen LogP contribution in [0.1, 0.15) is 19.8 Å². The molecule has 0 bridgehead atoms. The van der Waals surface area contributed by atoms with Crippen molar-refractivity contribution in [3.8, 4) is 0 Å². The number of anilines is 2. The first-order chi connectivity index (χ1) is 10.9. The fourth-order valence-corrected chi connectivity index (χ4v) is 2.50. The summed E-state index contributed by atoms with van der Waals surface area (Å²) >= 11 is 0. The summed E-state index contributed by atoms with van der Waals surface area (Å²) in [6.45, 7) is 1.25. The summed E-state index contributed by atoms with van der Waals surface area (Å²) in [7, 11) is 0. The van der Waals surface area contributed by atoms with Gasteiger partial charge in [-0.05, 0) is 31.0 Å². The first-order valence-corrected chi connectivity index (χ1v) is 7.14. The van der Waals surface area contributed by atoms with Crippen molar-refractivity contribution in [2.75, 3.05) is 10.6 Å². The lowest BCUT2D eigenvalue weighted by Crippen LogP contribution is -2.34. The van der Waals surface area contributed by atoms with Crippen LogP contribution in [0.15, 0.2) is 30.4 Å². The number of halogens is 1. The maximum absolute atomic E-state index is 13.6. The van der Waals surface area contributed by atoms with E-state index in [2.05, 4.69) is 10.6 Å². The number of amides is 2. The largest absolute Gasteiger partial charge is 0.481 e. The SMILES string of the molecule is CC(=O)Nc1cc(NC(=O)[C@H]2CC=CC[C@@H]2C(=O)O)ccc1F. The molecule has 0 heterocycles. The van der Waals surface area contributed by atoms with Gasteiger partial charge in [-0.1, -0.05) is 12.2 Å². The number of carbonyl (C=O) groups is 3. The molecule has 0 aromatic heterocycles. The molecule has 2 amide bonds. The van der Waals surface area contributed by atoms with E-state index in [4.69, 9.17) is 0 Å². The van der Waals surface area contributed by atoms with E-state index in [-0.39, 0.29) is 5.69 Å². The van der Waals surface area contributed by atoms with E-state index >= 15 is 0 Å². The summed E-state index contributed by atoms with van der Waals surface area (Å²) < 4.78 is 13.6. The second kappa shape index (κ2) is 7.04. The summed E-state index contributed by atoms with van der Waals surface area (Å²) in [6.07, 6.45) is 4.16. The Morgan fingerprint density at radius 2 is 1.78 bits per heavy atom. The third kappa shape index (κ3) is 4.15. The summed E-state index contributed by atoms with van der Waals surface area (Å²) in [5.74, 6) is -3.99. The topological polar surface area (TPSA) is 95.5 Å². The minimum absolute atomic E-state index is 0.0476. The average molecular weight is 320 g/mol. The number of carboxylic acids is 1. The van der Waals surface area contributed by atoms with Crippen molar-refractivity contribution < 1.29 is 23.9 Å². The molecule has 0 saturated heterocycles. The Bertz CT molecular complexity index is 672. The fraction of sp³-hybridized carbons (Fsp3) is 0.312. The van der Waals surface area contributed by atoms with Crippen LogP contribution >= 0.6 is 0 Å². The second-order valence-electron chi connectivity index (χ2n) is 5.36. The zero-order chi connectivity index (χ0) is 17.0. The van der Waals surface area contributed by atoms with Crippen LogP contribution in [0.4, 0.5) is 15.8 Å². The van der Waals surface area contributed by atoms with E-state index in [1.807, 2.05) is 0 Å². The van der Waals surface area contributed by atoms with Gasteiger partial charge in [-0.3, -0.25) is 14.4 Å². The van der Waals surface area contributed by atoms with Gasteiger partial charge < -0.3 is 15.7 Å². The van der Waals surface area contributed by atoms with Gasteiger partial charge in [0.2, 0.25) is 11.8 Å². The molecule has 0 fully saturated rings. The molecule has 0 aliphatic heterocycles. The van der Waals surface area contributed by atoms with Gasteiger partial charge in [-0.25, -0.2) is 4.39 Å². The van der Waals surface area contributed by atoms with E-state index in [1.165, 1.54) is 19.1 Å². The monoisotopic (exact) mass is 320 g/mol. The Labute approximate surface area is 132 Å². The minimum Gasteiger partial charge on any atom is -0.481 e. The van der Waals surface area contributed by atoms with Crippen molar-refractivity contribution in [1.82, 2.24) is 0 Å². The Balaban J connectivity index is 2.15. The van der Waals surface area contributed by atoms with Crippen molar-refractivity contribution in [3.05, 3.63) is 36.2 Å². The molecule has 1 aliphatic carbocycles. The molecule has 6 nitrogen and oxygen atoms in total. The predicted octanol–water partition coefficient (Wildman–Crippen LogP) is 2.39. The number of carbonyl (C=O) groups excluding carboxylic acids is 2. The maximum atomic E-state index is 13.6. The van der Waals surface area contributed by atoms with E-state index < -0.39 is 35.4 Å². The van der Waals surface area contributed by atoms with Gasteiger partial charge >= 0.3 is 5.97 Å². The molecule has 7 heteroatoms. The van der Waals surface area contributed by atoms with Crippen LogP contribution in [-0.4, -0.2) is 22.9 Å². The molecule has 0 unspecified atom stereocenters. The highest BCUT2D eigenvalue weighted by Crippen LogP contribution is 2.28. The molecule has 0 saturated carbocycles. The van der Waals surface area contributed by atoms with Gasteiger partial charge in [0.05, 0.1) is 17.5 Å². The zero-order valence-corrected chi connectivity index (χ0v) is 12.5. The quantitative estimate of drug-likeness (QED) is 0.742. The van der Waals surface area contributed by atoms with Crippen LogP contribution in [-0.2, 0) is 14.4 Å². The summed E-state index contributed by atoms with van der Waals surface area (Å²) in [4.78, 5) is 34.6. The lowest BCUT2D eigenvalue weighted by Gasteiger charge is -2.24. The molecule has 1 aliphatic rings.